The van der Waals surface area contributed by atoms with Crippen molar-refractivity contribution in [2.75, 3.05) is 18.1 Å². The van der Waals surface area contributed by atoms with Crippen LogP contribution in [-0.2, 0) is 19.1 Å². The second-order valence-electron chi connectivity index (χ2n) is 5.45. The molecule has 7 nitrogen and oxygen atoms in total. The maximum Gasteiger partial charge on any atom is 0.355 e. The van der Waals surface area contributed by atoms with E-state index in [0.29, 0.717) is 11.4 Å². The number of nitrogens with one attached hydrogen (secondary N) is 1. The number of nitrogens with zero attached hydrogens (tertiary/aromatic N) is 2. The van der Waals surface area contributed by atoms with Gasteiger partial charge in [0.2, 0.25) is 5.91 Å². The van der Waals surface area contributed by atoms with E-state index in [4.69, 9.17) is 4.74 Å². The summed E-state index contributed by atoms with van der Waals surface area (Å²) in [5.74, 6) is -0.0267. The number of esters is 1. The molecule has 4 rings (SSSR count). The molecule has 0 saturated carbocycles. The van der Waals surface area contributed by atoms with Crippen LogP contribution in [0.1, 0.15) is 0 Å². The number of fused-ring (bicyclic) bond motifs is 2. The number of cyclic esters (lactones) is 1. The van der Waals surface area contributed by atoms with Gasteiger partial charge in [-0.1, -0.05) is 0 Å². The molecule has 1 aromatic heterocycles. The zero-order valence-electron chi connectivity index (χ0n) is 12.4. The van der Waals surface area contributed by atoms with Crippen molar-refractivity contribution < 1.29 is 19.1 Å². The van der Waals surface area contributed by atoms with Gasteiger partial charge in [-0.3, -0.25) is 19.5 Å². The van der Waals surface area contributed by atoms with Crippen LogP contribution in [0.4, 0.5) is 0 Å². The van der Waals surface area contributed by atoms with E-state index in [0.717, 1.165) is 10.5 Å². The number of rotatable bonds is 4. The largest absolute Gasteiger partial charge is 0.456 e. The Morgan fingerprint density at radius 3 is 3.00 bits per heavy atom. The lowest BCUT2D eigenvalue weighted by atomic mass is 10.0. The normalized spacial score (nSPS) is 24.9. The standard InChI is InChI=1S/C15H13N3O4S2/c19-10(7-23-9-1-3-16-4-2-9)17-11-13(20)18-12-8(5-22-15(12)21)6-24-14(11)18/h1-4,11,14H,5-7H2,(H,17,19). The predicted molar refractivity (Wildman–Crippen MR) is 88.0 cm³/mol. The summed E-state index contributed by atoms with van der Waals surface area (Å²) in [6, 6.07) is 3.07. The van der Waals surface area contributed by atoms with Crippen LogP contribution in [0.15, 0.2) is 40.7 Å². The van der Waals surface area contributed by atoms with Crippen LogP contribution < -0.4 is 5.32 Å². The Kier molecular flexibility index (Phi) is 3.97. The average molecular weight is 363 g/mol. The van der Waals surface area contributed by atoms with Gasteiger partial charge in [0, 0.05) is 28.6 Å². The second kappa shape index (κ2) is 6.14. The minimum atomic E-state index is -0.581. The lowest BCUT2D eigenvalue weighted by Crippen LogP contribution is -2.70. The van der Waals surface area contributed by atoms with Gasteiger partial charge >= 0.3 is 5.97 Å². The molecule has 4 heterocycles. The number of ether oxygens (including phenoxy) is 1. The van der Waals surface area contributed by atoms with Crippen molar-refractivity contribution in [2.45, 2.75) is 16.3 Å². The van der Waals surface area contributed by atoms with Gasteiger partial charge in [0.05, 0.1) is 5.75 Å². The fraction of sp³-hybridized carbons (Fsp3) is 0.333. The molecule has 9 heteroatoms. The summed E-state index contributed by atoms with van der Waals surface area (Å²) in [7, 11) is 0. The van der Waals surface area contributed by atoms with E-state index in [1.165, 1.54) is 16.7 Å². The van der Waals surface area contributed by atoms with Crippen molar-refractivity contribution in [2.24, 2.45) is 0 Å². The molecular formula is C15H13N3O4S2. The zero-order valence-corrected chi connectivity index (χ0v) is 14.1. The summed E-state index contributed by atoms with van der Waals surface area (Å²) in [6.07, 6.45) is 3.33. The topological polar surface area (TPSA) is 88.6 Å². The summed E-state index contributed by atoms with van der Waals surface area (Å²) in [5.41, 5.74) is 1.23. The van der Waals surface area contributed by atoms with Gasteiger partial charge in [-0.05, 0) is 12.1 Å². The molecular weight excluding hydrogens is 350 g/mol. The highest BCUT2D eigenvalue weighted by molar-refractivity contribution is 8.00. The molecule has 124 valence electrons. The molecule has 2 unspecified atom stereocenters. The first-order valence-electron chi connectivity index (χ1n) is 7.31. The zero-order chi connectivity index (χ0) is 16.7. The number of β-lactam (4-membered cyclic amide) rings is 1. The molecule has 0 aliphatic carbocycles. The first kappa shape index (κ1) is 15.5. The molecule has 0 aromatic carbocycles. The van der Waals surface area contributed by atoms with Crippen molar-refractivity contribution in [3.63, 3.8) is 0 Å². The first-order chi connectivity index (χ1) is 11.6. The third-order valence-corrected chi connectivity index (χ3v) is 6.31. The maximum atomic E-state index is 12.3. The van der Waals surface area contributed by atoms with E-state index >= 15 is 0 Å². The molecule has 1 saturated heterocycles. The smallest absolute Gasteiger partial charge is 0.355 e. The van der Waals surface area contributed by atoms with Crippen LogP contribution in [0.25, 0.3) is 0 Å². The number of hydrogen-bond donors (Lipinski definition) is 1. The molecule has 24 heavy (non-hydrogen) atoms. The van der Waals surface area contributed by atoms with Crippen LogP contribution in [0.2, 0.25) is 0 Å². The molecule has 3 aliphatic rings. The molecule has 3 aliphatic heterocycles. The highest BCUT2D eigenvalue weighted by atomic mass is 32.2. The number of amides is 2. The van der Waals surface area contributed by atoms with Crippen molar-refractivity contribution in [3.05, 3.63) is 35.8 Å². The van der Waals surface area contributed by atoms with Gasteiger partial charge in [-0.15, -0.1) is 23.5 Å². The van der Waals surface area contributed by atoms with Gasteiger partial charge in [-0.2, -0.15) is 0 Å². The van der Waals surface area contributed by atoms with Crippen molar-refractivity contribution in [1.29, 1.82) is 0 Å². The summed E-state index contributed by atoms with van der Waals surface area (Å²) in [6.45, 7) is 0.261. The Bertz CT molecular complexity index is 752. The summed E-state index contributed by atoms with van der Waals surface area (Å²) >= 11 is 2.93. The quantitative estimate of drug-likeness (QED) is 0.470. The SMILES string of the molecule is O=C(CSc1ccncc1)NC1C(=O)N2C3=C(COC3=O)CSC12. The Labute approximate surface area is 146 Å². The van der Waals surface area contributed by atoms with Gasteiger partial charge in [0.1, 0.15) is 23.7 Å². The Hall–Kier alpha value is -2.00. The lowest BCUT2D eigenvalue weighted by molar-refractivity contribution is -0.150. The van der Waals surface area contributed by atoms with E-state index in [1.54, 1.807) is 24.2 Å². The Balaban J connectivity index is 1.36. The van der Waals surface area contributed by atoms with Crippen molar-refractivity contribution in [1.82, 2.24) is 15.2 Å². The molecule has 0 radical (unpaired) electrons. The average Bonchev–Trinajstić information content (AvgIpc) is 2.98. The molecule has 1 aromatic rings. The molecule has 1 fully saturated rings. The summed E-state index contributed by atoms with van der Waals surface area (Å²) < 4.78 is 4.99. The maximum absolute atomic E-state index is 12.3. The van der Waals surface area contributed by atoms with Crippen LogP contribution in [0, 0.1) is 0 Å². The number of carbonyl (C=O) groups is 3. The third kappa shape index (κ3) is 2.57. The van der Waals surface area contributed by atoms with E-state index < -0.39 is 12.0 Å². The number of carbonyl (C=O) groups excluding carboxylic acids is 3. The first-order valence-corrected chi connectivity index (χ1v) is 9.34. The molecule has 0 bridgehead atoms. The number of aromatic nitrogens is 1. The number of pyridine rings is 1. The molecule has 1 N–H and O–H groups in total. The summed E-state index contributed by atoms with van der Waals surface area (Å²) in [5, 5.41) is 2.54. The Morgan fingerprint density at radius 2 is 2.21 bits per heavy atom. The minimum absolute atomic E-state index is 0.204. The van der Waals surface area contributed by atoms with Crippen molar-refractivity contribution >= 4 is 41.3 Å². The van der Waals surface area contributed by atoms with Crippen LogP contribution in [-0.4, -0.2) is 57.2 Å². The van der Waals surface area contributed by atoms with E-state index in [9.17, 15) is 14.4 Å². The fourth-order valence-electron chi connectivity index (χ4n) is 2.80. The predicted octanol–water partition coefficient (Wildman–Crippen LogP) is 0.384. The Morgan fingerprint density at radius 1 is 1.42 bits per heavy atom. The van der Waals surface area contributed by atoms with E-state index in [-0.39, 0.29) is 29.5 Å². The third-order valence-electron chi connectivity index (χ3n) is 3.95. The van der Waals surface area contributed by atoms with Crippen LogP contribution in [0.3, 0.4) is 0 Å². The number of hydrogen-bond acceptors (Lipinski definition) is 7. The molecule has 2 amide bonds. The minimum Gasteiger partial charge on any atom is -0.456 e. The van der Waals surface area contributed by atoms with E-state index in [2.05, 4.69) is 10.3 Å². The lowest BCUT2D eigenvalue weighted by Gasteiger charge is -2.48. The van der Waals surface area contributed by atoms with Crippen molar-refractivity contribution in [3.8, 4) is 0 Å². The summed E-state index contributed by atoms with van der Waals surface area (Å²) in [4.78, 5) is 42.5. The monoisotopic (exact) mass is 363 g/mol. The highest BCUT2D eigenvalue weighted by Crippen LogP contribution is 2.42. The highest BCUT2D eigenvalue weighted by Gasteiger charge is 2.55. The number of thioether (sulfide) groups is 2. The van der Waals surface area contributed by atoms with Gasteiger partial charge in [0.15, 0.2) is 0 Å². The van der Waals surface area contributed by atoms with E-state index in [1.807, 2.05) is 12.1 Å². The molecule has 2 atom stereocenters. The van der Waals surface area contributed by atoms with Gasteiger partial charge < -0.3 is 10.1 Å². The second-order valence-corrected chi connectivity index (χ2v) is 7.61. The van der Waals surface area contributed by atoms with Crippen LogP contribution in [0.5, 0.6) is 0 Å². The molecule has 0 spiro atoms. The van der Waals surface area contributed by atoms with Gasteiger partial charge in [-0.25, -0.2) is 4.79 Å². The van der Waals surface area contributed by atoms with Gasteiger partial charge in [0.25, 0.3) is 5.91 Å². The fourth-order valence-corrected chi connectivity index (χ4v) is 4.82. The van der Waals surface area contributed by atoms with Crippen LogP contribution >= 0.6 is 23.5 Å².